The third-order valence-electron chi connectivity index (χ3n) is 4.57. The highest BCUT2D eigenvalue weighted by molar-refractivity contribution is 6.01. The SMILES string of the molecule is CCCNC(O)CN(C)CC(=O)c1c(N)n(Cc2ccccc2)c(=O)n(C)c1=O. The lowest BCUT2D eigenvalue weighted by atomic mass is 10.1. The molecule has 0 spiro atoms. The molecule has 1 aromatic carbocycles. The summed E-state index contributed by atoms with van der Waals surface area (Å²) in [6, 6.07) is 9.17. The van der Waals surface area contributed by atoms with Gasteiger partial charge in [-0.1, -0.05) is 37.3 Å². The van der Waals surface area contributed by atoms with Gasteiger partial charge in [-0.05, 0) is 25.6 Å². The Hall–Kier alpha value is -2.75. The first-order chi connectivity index (χ1) is 13.8. The van der Waals surface area contributed by atoms with E-state index in [-0.39, 0.29) is 31.0 Å². The van der Waals surface area contributed by atoms with Gasteiger partial charge in [0.05, 0.1) is 13.1 Å². The Kier molecular flexibility index (Phi) is 7.89. The second-order valence-corrected chi connectivity index (χ2v) is 7.07. The number of carbonyl (C=O) groups is 1. The summed E-state index contributed by atoms with van der Waals surface area (Å²) in [5, 5.41) is 12.9. The van der Waals surface area contributed by atoms with Crippen molar-refractivity contribution in [1.29, 1.82) is 0 Å². The van der Waals surface area contributed by atoms with Gasteiger partial charge in [0, 0.05) is 13.6 Å². The number of aliphatic hydroxyl groups excluding tert-OH is 1. The van der Waals surface area contributed by atoms with Gasteiger partial charge in [0.15, 0.2) is 5.78 Å². The molecule has 1 atom stereocenters. The van der Waals surface area contributed by atoms with Crippen LogP contribution in [0.25, 0.3) is 0 Å². The summed E-state index contributed by atoms with van der Waals surface area (Å²) >= 11 is 0. The largest absolute Gasteiger partial charge is 0.384 e. The summed E-state index contributed by atoms with van der Waals surface area (Å²) in [6.45, 7) is 2.87. The van der Waals surface area contributed by atoms with E-state index in [2.05, 4.69) is 5.32 Å². The molecule has 9 nitrogen and oxygen atoms in total. The lowest BCUT2D eigenvalue weighted by Gasteiger charge is -2.21. The Morgan fingerprint density at radius 1 is 1.28 bits per heavy atom. The fourth-order valence-electron chi connectivity index (χ4n) is 3.02. The molecule has 0 saturated heterocycles. The minimum atomic E-state index is -0.792. The molecule has 4 N–H and O–H groups in total. The molecule has 2 aromatic rings. The van der Waals surface area contributed by atoms with E-state index in [1.54, 1.807) is 11.9 Å². The zero-order valence-corrected chi connectivity index (χ0v) is 17.1. The minimum Gasteiger partial charge on any atom is -0.384 e. The van der Waals surface area contributed by atoms with Gasteiger partial charge >= 0.3 is 5.69 Å². The summed E-state index contributed by atoms with van der Waals surface area (Å²) in [5.74, 6) is -0.653. The molecule has 0 aliphatic carbocycles. The highest BCUT2D eigenvalue weighted by atomic mass is 16.3. The van der Waals surface area contributed by atoms with Crippen molar-refractivity contribution in [3.8, 4) is 0 Å². The van der Waals surface area contributed by atoms with Crippen molar-refractivity contribution in [2.45, 2.75) is 26.1 Å². The number of nitrogens with zero attached hydrogens (tertiary/aromatic N) is 3. The second kappa shape index (κ2) is 10.1. The van der Waals surface area contributed by atoms with Crippen LogP contribution in [0.5, 0.6) is 0 Å². The van der Waals surface area contributed by atoms with Crippen LogP contribution in [0.2, 0.25) is 0 Å². The molecule has 0 fully saturated rings. The van der Waals surface area contributed by atoms with Crippen LogP contribution < -0.4 is 22.3 Å². The molecule has 0 radical (unpaired) electrons. The summed E-state index contributed by atoms with van der Waals surface area (Å²) in [4.78, 5) is 39.5. The van der Waals surface area contributed by atoms with Crippen LogP contribution in [-0.2, 0) is 13.6 Å². The molecule has 0 aliphatic rings. The van der Waals surface area contributed by atoms with Gasteiger partial charge in [-0.15, -0.1) is 0 Å². The average molecular weight is 403 g/mol. The molecule has 1 aromatic heterocycles. The number of hydrogen-bond acceptors (Lipinski definition) is 7. The molecular weight excluding hydrogens is 374 g/mol. The number of benzene rings is 1. The number of nitrogen functional groups attached to an aromatic ring is 1. The van der Waals surface area contributed by atoms with Crippen molar-refractivity contribution in [3.05, 3.63) is 62.3 Å². The Morgan fingerprint density at radius 3 is 2.55 bits per heavy atom. The van der Waals surface area contributed by atoms with Gasteiger partial charge in [-0.25, -0.2) is 4.79 Å². The maximum atomic E-state index is 12.8. The van der Waals surface area contributed by atoms with Crippen molar-refractivity contribution in [3.63, 3.8) is 0 Å². The number of hydrogen-bond donors (Lipinski definition) is 3. The summed E-state index contributed by atoms with van der Waals surface area (Å²) < 4.78 is 2.12. The monoisotopic (exact) mass is 403 g/mol. The van der Waals surface area contributed by atoms with Crippen molar-refractivity contribution < 1.29 is 9.90 Å². The van der Waals surface area contributed by atoms with E-state index in [0.29, 0.717) is 6.54 Å². The number of Topliss-reactive ketones (excluding diaryl/α,β-unsaturated/α-hetero) is 1. The molecule has 0 bridgehead atoms. The molecule has 0 saturated carbocycles. The molecular formula is C20H29N5O4. The zero-order chi connectivity index (χ0) is 21.6. The van der Waals surface area contributed by atoms with E-state index in [4.69, 9.17) is 5.73 Å². The second-order valence-electron chi connectivity index (χ2n) is 7.07. The smallest absolute Gasteiger partial charge is 0.332 e. The maximum Gasteiger partial charge on any atom is 0.332 e. The van der Waals surface area contributed by atoms with Crippen molar-refractivity contribution in [2.24, 2.45) is 7.05 Å². The molecule has 0 amide bonds. The highest BCUT2D eigenvalue weighted by Crippen LogP contribution is 2.10. The summed E-state index contributed by atoms with van der Waals surface area (Å²) in [6.07, 6.45) is 0.0786. The number of anilines is 1. The Balaban J connectivity index is 2.29. The number of rotatable bonds is 10. The normalized spacial score (nSPS) is 12.3. The first-order valence-corrected chi connectivity index (χ1v) is 9.52. The van der Waals surface area contributed by atoms with E-state index < -0.39 is 23.3 Å². The molecule has 9 heteroatoms. The maximum absolute atomic E-state index is 12.8. The van der Waals surface area contributed by atoms with Gasteiger partial charge in [0.2, 0.25) is 0 Å². The van der Waals surface area contributed by atoms with Crippen LogP contribution >= 0.6 is 0 Å². The number of likely N-dealkylation sites (N-methyl/N-ethyl adjacent to an activating group) is 1. The molecule has 1 unspecified atom stereocenters. The number of carbonyl (C=O) groups excluding carboxylic acids is 1. The number of nitrogens with one attached hydrogen (secondary N) is 1. The quantitative estimate of drug-likeness (QED) is 0.365. The topological polar surface area (TPSA) is 123 Å². The minimum absolute atomic E-state index is 0.117. The summed E-state index contributed by atoms with van der Waals surface area (Å²) in [7, 11) is 2.99. The number of nitrogens with two attached hydrogens (primary N) is 1. The van der Waals surface area contributed by atoms with Crippen LogP contribution in [0, 0.1) is 0 Å². The lowest BCUT2D eigenvalue weighted by Crippen LogP contribution is -2.45. The lowest BCUT2D eigenvalue weighted by molar-refractivity contribution is 0.0807. The summed E-state index contributed by atoms with van der Waals surface area (Å²) in [5.41, 5.74) is 5.39. The van der Waals surface area contributed by atoms with Gasteiger partial charge in [-0.3, -0.25) is 28.9 Å². The van der Waals surface area contributed by atoms with Crippen LogP contribution in [0.3, 0.4) is 0 Å². The third kappa shape index (κ3) is 5.63. The Bertz CT molecular complexity index is 952. The molecule has 29 heavy (non-hydrogen) atoms. The Labute approximate surface area is 169 Å². The highest BCUT2D eigenvalue weighted by Gasteiger charge is 2.23. The van der Waals surface area contributed by atoms with Crippen LogP contribution in [0.15, 0.2) is 39.9 Å². The van der Waals surface area contributed by atoms with Gasteiger partial charge in [-0.2, -0.15) is 0 Å². The molecule has 2 rings (SSSR count). The predicted molar refractivity (Wildman–Crippen MR) is 112 cm³/mol. The number of aliphatic hydroxyl groups is 1. The van der Waals surface area contributed by atoms with Gasteiger partial charge in [0.1, 0.15) is 17.6 Å². The van der Waals surface area contributed by atoms with E-state index in [1.165, 1.54) is 11.6 Å². The number of ketones is 1. The van der Waals surface area contributed by atoms with E-state index in [9.17, 15) is 19.5 Å². The van der Waals surface area contributed by atoms with Crippen molar-refractivity contribution in [2.75, 3.05) is 32.4 Å². The molecule has 0 aliphatic heterocycles. The first kappa shape index (κ1) is 22.5. The zero-order valence-electron chi connectivity index (χ0n) is 17.1. The Morgan fingerprint density at radius 2 is 1.93 bits per heavy atom. The standard InChI is InChI=1S/C20H29N5O4/c1-4-10-22-16(27)13-23(2)12-15(26)17-18(21)25(20(29)24(3)19(17)28)11-14-8-6-5-7-9-14/h5-9,16,22,27H,4,10-13,21H2,1-3H3. The van der Waals surface area contributed by atoms with Gasteiger partial charge < -0.3 is 10.8 Å². The fraction of sp³-hybridized carbons (Fsp3) is 0.450. The first-order valence-electron chi connectivity index (χ1n) is 9.52. The number of aromatic nitrogens is 2. The van der Waals surface area contributed by atoms with E-state index in [0.717, 1.165) is 16.6 Å². The molecule has 158 valence electrons. The third-order valence-corrected chi connectivity index (χ3v) is 4.57. The van der Waals surface area contributed by atoms with Crippen molar-refractivity contribution >= 4 is 11.6 Å². The van der Waals surface area contributed by atoms with E-state index >= 15 is 0 Å². The van der Waals surface area contributed by atoms with Crippen LogP contribution in [-0.4, -0.2) is 57.8 Å². The molecule has 1 heterocycles. The van der Waals surface area contributed by atoms with Crippen LogP contribution in [0.1, 0.15) is 29.3 Å². The van der Waals surface area contributed by atoms with Crippen molar-refractivity contribution in [1.82, 2.24) is 19.4 Å². The van der Waals surface area contributed by atoms with Crippen LogP contribution in [0.4, 0.5) is 5.82 Å². The predicted octanol–water partition coefficient (Wildman–Crippen LogP) is -0.390. The van der Waals surface area contributed by atoms with E-state index in [1.807, 2.05) is 37.3 Å². The van der Waals surface area contributed by atoms with Gasteiger partial charge in [0.25, 0.3) is 5.56 Å². The average Bonchev–Trinajstić information content (AvgIpc) is 2.68. The fourth-order valence-corrected chi connectivity index (χ4v) is 3.02.